The van der Waals surface area contributed by atoms with Crippen molar-refractivity contribution in [1.82, 2.24) is 0 Å². The molecule has 156 valence electrons. The first-order valence-corrected chi connectivity index (χ1v) is 12.0. The Labute approximate surface area is 191 Å². The van der Waals surface area contributed by atoms with Crippen LogP contribution in [0.15, 0.2) is 89.0 Å². The molecule has 31 heavy (non-hydrogen) atoms. The summed E-state index contributed by atoms with van der Waals surface area (Å²) in [4.78, 5) is 14.7. The SMILES string of the molecule is CSc1ccc([C@@H]2Nc3ccccc3NC3=C2C(=O)C[C@H](c2ccc(Cl)cc2)C3)cc1. The zero-order valence-electron chi connectivity index (χ0n) is 17.2. The third-order valence-corrected chi connectivity index (χ3v) is 7.10. The molecule has 0 amide bonds. The number of nitrogens with one attached hydrogen (secondary N) is 2. The van der Waals surface area contributed by atoms with Gasteiger partial charge in [0.25, 0.3) is 0 Å². The number of hydrogen-bond acceptors (Lipinski definition) is 4. The maximum absolute atomic E-state index is 13.5. The van der Waals surface area contributed by atoms with E-state index in [9.17, 15) is 4.79 Å². The van der Waals surface area contributed by atoms with Crippen LogP contribution < -0.4 is 10.6 Å². The summed E-state index contributed by atoms with van der Waals surface area (Å²) in [6.07, 6.45) is 3.36. The van der Waals surface area contributed by atoms with Crippen LogP contribution in [0.3, 0.4) is 0 Å². The molecule has 0 spiro atoms. The van der Waals surface area contributed by atoms with E-state index >= 15 is 0 Å². The third-order valence-electron chi connectivity index (χ3n) is 6.10. The number of benzene rings is 3. The van der Waals surface area contributed by atoms with E-state index in [4.69, 9.17) is 11.6 Å². The lowest BCUT2D eigenvalue weighted by Crippen LogP contribution is -2.26. The molecule has 1 aliphatic carbocycles. The van der Waals surface area contributed by atoms with Crippen LogP contribution in [0.4, 0.5) is 11.4 Å². The number of halogens is 1. The number of allylic oxidation sites excluding steroid dienone is 1. The lowest BCUT2D eigenvalue weighted by Gasteiger charge is -2.30. The van der Waals surface area contributed by atoms with Crippen molar-refractivity contribution in [3.63, 3.8) is 0 Å². The van der Waals surface area contributed by atoms with E-state index in [0.29, 0.717) is 11.4 Å². The molecular formula is C26H23ClN2OS. The minimum Gasteiger partial charge on any atom is -0.372 e. The predicted molar refractivity (Wildman–Crippen MR) is 130 cm³/mol. The Morgan fingerprint density at radius 3 is 2.26 bits per heavy atom. The van der Waals surface area contributed by atoms with Crippen molar-refractivity contribution in [1.29, 1.82) is 0 Å². The highest BCUT2D eigenvalue weighted by molar-refractivity contribution is 7.98. The molecule has 1 aliphatic heterocycles. The summed E-state index contributed by atoms with van der Waals surface area (Å²) >= 11 is 7.80. The quantitative estimate of drug-likeness (QED) is 0.423. The Bertz CT molecular complexity index is 1150. The number of para-hydroxylation sites is 2. The Balaban J connectivity index is 1.58. The van der Waals surface area contributed by atoms with E-state index in [1.807, 2.05) is 36.4 Å². The van der Waals surface area contributed by atoms with Gasteiger partial charge in [-0.2, -0.15) is 0 Å². The molecule has 0 bridgehead atoms. The van der Waals surface area contributed by atoms with Crippen molar-refractivity contribution in [2.75, 3.05) is 16.9 Å². The molecule has 2 aliphatic rings. The lowest BCUT2D eigenvalue weighted by atomic mass is 9.78. The molecule has 5 heteroatoms. The highest BCUT2D eigenvalue weighted by atomic mass is 35.5. The summed E-state index contributed by atoms with van der Waals surface area (Å²) in [7, 11) is 0. The van der Waals surface area contributed by atoms with Gasteiger partial charge in [-0.05, 0) is 66.1 Å². The fourth-order valence-corrected chi connectivity index (χ4v) is 5.04. The van der Waals surface area contributed by atoms with Gasteiger partial charge in [-0.25, -0.2) is 0 Å². The van der Waals surface area contributed by atoms with E-state index in [2.05, 4.69) is 53.3 Å². The van der Waals surface area contributed by atoms with Crippen molar-refractivity contribution >= 4 is 40.5 Å². The minimum atomic E-state index is -0.180. The van der Waals surface area contributed by atoms with Gasteiger partial charge in [0.05, 0.1) is 17.4 Å². The first-order valence-electron chi connectivity index (χ1n) is 10.4. The van der Waals surface area contributed by atoms with E-state index in [1.54, 1.807) is 11.8 Å². The molecule has 0 aromatic heterocycles. The molecule has 1 heterocycles. The van der Waals surface area contributed by atoms with Gasteiger partial charge in [0.1, 0.15) is 0 Å². The number of anilines is 2. The highest BCUT2D eigenvalue weighted by Gasteiger charge is 2.36. The monoisotopic (exact) mass is 446 g/mol. The van der Waals surface area contributed by atoms with Gasteiger partial charge in [-0.3, -0.25) is 4.79 Å². The molecule has 3 aromatic carbocycles. The summed E-state index contributed by atoms with van der Waals surface area (Å²) < 4.78 is 0. The smallest absolute Gasteiger partial charge is 0.163 e. The molecule has 0 unspecified atom stereocenters. The van der Waals surface area contributed by atoms with Crippen molar-refractivity contribution in [3.05, 3.63) is 100 Å². The van der Waals surface area contributed by atoms with Gasteiger partial charge >= 0.3 is 0 Å². The molecule has 3 aromatic rings. The maximum atomic E-state index is 13.5. The highest BCUT2D eigenvalue weighted by Crippen LogP contribution is 2.44. The molecule has 0 radical (unpaired) electrons. The first kappa shape index (κ1) is 20.2. The van der Waals surface area contributed by atoms with Gasteiger partial charge < -0.3 is 10.6 Å². The predicted octanol–water partition coefficient (Wildman–Crippen LogP) is 7.04. The second-order valence-electron chi connectivity index (χ2n) is 7.99. The number of carbonyl (C=O) groups is 1. The second-order valence-corrected chi connectivity index (χ2v) is 9.31. The number of fused-ring (bicyclic) bond motifs is 1. The molecule has 5 rings (SSSR count). The summed E-state index contributed by atoms with van der Waals surface area (Å²) in [5.41, 5.74) is 6.11. The van der Waals surface area contributed by atoms with Crippen molar-refractivity contribution in [3.8, 4) is 0 Å². The molecule has 0 fully saturated rings. The summed E-state index contributed by atoms with van der Waals surface area (Å²) in [5, 5.41) is 7.94. The number of carbonyl (C=O) groups excluding carboxylic acids is 1. The molecule has 0 saturated heterocycles. The van der Waals surface area contributed by atoms with Crippen LogP contribution in [0, 0.1) is 0 Å². The number of hydrogen-bond donors (Lipinski definition) is 2. The topological polar surface area (TPSA) is 41.1 Å². The van der Waals surface area contributed by atoms with E-state index in [1.165, 1.54) is 4.90 Å². The summed E-state index contributed by atoms with van der Waals surface area (Å²) in [6, 6.07) is 24.3. The van der Waals surface area contributed by atoms with Crippen LogP contribution in [0.5, 0.6) is 0 Å². The van der Waals surface area contributed by atoms with Gasteiger partial charge in [-0.15, -0.1) is 11.8 Å². The van der Waals surface area contributed by atoms with Crippen molar-refractivity contribution in [2.24, 2.45) is 0 Å². The molecule has 0 saturated carbocycles. The zero-order valence-corrected chi connectivity index (χ0v) is 18.8. The molecular weight excluding hydrogens is 424 g/mol. The Morgan fingerprint density at radius 2 is 1.55 bits per heavy atom. The Morgan fingerprint density at radius 1 is 0.871 bits per heavy atom. The standard InChI is InChI=1S/C26H23ClN2OS/c1-31-20-12-8-17(9-13-20)26-25-23(28-21-4-2-3-5-22(21)29-26)14-18(15-24(25)30)16-6-10-19(27)11-7-16/h2-13,18,26,28-29H,14-15H2,1H3/t18-,26+/m1/s1. The number of Topliss-reactive ketones (excluding diaryl/α,β-unsaturated/α-hetero) is 1. The van der Waals surface area contributed by atoms with Crippen LogP contribution >= 0.6 is 23.4 Å². The number of ketones is 1. The van der Waals surface area contributed by atoms with Gasteiger partial charge in [0.2, 0.25) is 0 Å². The summed E-state index contributed by atoms with van der Waals surface area (Å²) in [6.45, 7) is 0. The summed E-state index contributed by atoms with van der Waals surface area (Å²) in [5.74, 6) is 0.328. The van der Waals surface area contributed by atoms with E-state index in [-0.39, 0.29) is 17.7 Å². The normalized spacial score (nSPS) is 20.3. The molecule has 3 nitrogen and oxygen atoms in total. The van der Waals surface area contributed by atoms with Crippen LogP contribution in [0.1, 0.15) is 35.9 Å². The van der Waals surface area contributed by atoms with Crippen LogP contribution in [-0.2, 0) is 4.79 Å². The Kier molecular flexibility index (Phi) is 5.51. The van der Waals surface area contributed by atoms with Crippen LogP contribution in [0.2, 0.25) is 5.02 Å². The fraction of sp³-hybridized carbons (Fsp3) is 0.192. The Hall–Kier alpha value is -2.69. The maximum Gasteiger partial charge on any atom is 0.163 e. The third kappa shape index (κ3) is 3.98. The average molecular weight is 447 g/mol. The zero-order chi connectivity index (χ0) is 21.4. The van der Waals surface area contributed by atoms with Gasteiger partial charge in [-0.1, -0.05) is 48.0 Å². The van der Waals surface area contributed by atoms with E-state index < -0.39 is 0 Å². The number of thioether (sulfide) groups is 1. The molecule has 2 atom stereocenters. The van der Waals surface area contributed by atoms with Gasteiger partial charge in [0, 0.05) is 27.6 Å². The molecule has 2 N–H and O–H groups in total. The number of rotatable bonds is 3. The van der Waals surface area contributed by atoms with E-state index in [0.717, 1.165) is 40.2 Å². The average Bonchev–Trinajstić information content (AvgIpc) is 2.96. The van der Waals surface area contributed by atoms with Gasteiger partial charge in [0.15, 0.2) is 5.78 Å². The largest absolute Gasteiger partial charge is 0.372 e. The lowest BCUT2D eigenvalue weighted by molar-refractivity contribution is -0.116. The van der Waals surface area contributed by atoms with Crippen molar-refractivity contribution < 1.29 is 4.79 Å². The second kappa shape index (κ2) is 8.45. The first-order chi connectivity index (χ1) is 15.1. The van der Waals surface area contributed by atoms with Crippen LogP contribution in [0.25, 0.3) is 0 Å². The van der Waals surface area contributed by atoms with Crippen molar-refractivity contribution in [2.45, 2.75) is 29.7 Å². The minimum absolute atomic E-state index is 0.140. The van der Waals surface area contributed by atoms with Crippen LogP contribution in [-0.4, -0.2) is 12.0 Å². The fourth-order valence-electron chi connectivity index (χ4n) is 4.51.